The van der Waals surface area contributed by atoms with Gasteiger partial charge in [-0.3, -0.25) is 14.4 Å². The molecule has 3 aliphatic rings. The molecule has 2 amide bonds. The van der Waals surface area contributed by atoms with Crippen LogP contribution in [0.4, 0.5) is 11.4 Å². The number of anilines is 2. The number of halogens is 4. The average molecular weight is 603 g/mol. The van der Waals surface area contributed by atoms with Gasteiger partial charge < -0.3 is 4.90 Å². The molecule has 3 aromatic carbocycles. The van der Waals surface area contributed by atoms with Crippen molar-refractivity contribution in [2.24, 2.45) is 11.8 Å². The largest absolute Gasteiger partial charge is 0.352 e. The van der Waals surface area contributed by atoms with Crippen LogP contribution in [-0.2, 0) is 9.59 Å². The monoisotopic (exact) mass is 600 g/mol. The number of rotatable bonds is 3. The van der Waals surface area contributed by atoms with Crippen molar-refractivity contribution in [3.63, 3.8) is 0 Å². The van der Waals surface area contributed by atoms with Gasteiger partial charge in [0.25, 0.3) is 0 Å². The minimum Gasteiger partial charge on any atom is -0.352 e. The lowest BCUT2D eigenvalue weighted by Gasteiger charge is -2.36. The number of benzene rings is 3. The van der Waals surface area contributed by atoms with E-state index in [-0.39, 0.29) is 16.5 Å². The van der Waals surface area contributed by atoms with E-state index >= 15 is 0 Å². The molecule has 3 aromatic rings. The minimum absolute atomic E-state index is 0.188. The van der Waals surface area contributed by atoms with Gasteiger partial charge in [0.2, 0.25) is 11.8 Å². The quantitative estimate of drug-likeness (QED) is 0.248. The van der Waals surface area contributed by atoms with Crippen molar-refractivity contribution in [3.8, 4) is 0 Å². The third kappa shape index (κ3) is 3.54. The fraction of sp³-hybridized carbons (Fsp3) is 0.148. The SMILES string of the molecule is O=C(c1ccc(Br)cc1)[C@@H]1[C@H]2C(=O)N(c3ccc(Cl)cc3Cl)C(=O)[C@@H]2[C@H]2C=Cc3ccc(Cl)cc3N21. The van der Waals surface area contributed by atoms with Crippen molar-refractivity contribution in [1.29, 1.82) is 0 Å². The van der Waals surface area contributed by atoms with Gasteiger partial charge in [-0.05, 0) is 48.0 Å². The smallest absolute Gasteiger partial charge is 0.240 e. The number of imide groups is 1. The molecule has 3 heterocycles. The van der Waals surface area contributed by atoms with Crippen LogP contribution in [0.5, 0.6) is 0 Å². The highest BCUT2D eigenvalue weighted by Crippen LogP contribution is 2.51. The Morgan fingerprint density at radius 2 is 1.47 bits per heavy atom. The summed E-state index contributed by atoms with van der Waals surface area (Å²) >= 11 is 22.2. The van der Waals surface area contributed by atoms with E-state index in [0.29, 0.717) is 15.6 Å². The molecule has 3 aliphatic heterocycles. The summed E-state index contributed by atoms with van der Waals surface area (Å²) in [4.78, 5) is 44.8. The lowest BCUT2D eigenvalue weighted by atomic mass is 9.86. The molecule has 4 atom stereocenters. The van der Waals surface area contributed by atoms with Crippen LogP contribution in [0.2, 0.25) is 15.1 Å². The summed E-state index contributed by atoms with van der Waals surface area (Å²) in [6.07, 6.45) is 3.80. The first-order valence-corrected chi connectivity index (χ1v) is 13.1. The van der Waals surface area contributed by atoms with Gasteiger partial charge in [-0.1, -0.05) is 81.1 Å². The summed E-state index contributed by atoms with van der Waals surface area (Å²) < 4.78 is 0.829. The zero-order valence-corrected chi connectivity index (χ0v) is 22.2. The molecule has 6 rings (SSSR count). The summed E-state index contributed by atoms with van der Waals surface area (Å²) in [6.45, 7) is 0. The topological polar surface area (TPSA) is 57.7 Å². The van der Waals surface area contributed by atoms with Crippen molar-refractivity contribution >= 4 is 85.8 Å². The number of ketones is 1. The Hall–Kier alpha value is -2.64. The van der Waals surface area contributed by atoms with Gasteiger partial charge >= 0.3 is 0 Å². The molecular weight excluding hydrogens is 587 g/mol. The van der Waals surface area contributed by atoms with E-state index < -0.39 is 35.7 Å². The van der Waals surface area contributed by atoms with Crippen molar-refractivity contribution in [1.82, 2.24) is 0 Å². The number of nitrogens with zero attached hydrogens (tertiary/aromatic N) is 2. The van der Waals surface area contributed by atoms with Crippen LogP contribution in [-0.4, -0.2) is 29.7 Å². The maximum Gasteiger partial charge on any atom is 0.240 e. The first-order valence-electron chi connectivity index (χ1n) is 11.1. The number of carbonyl (C=O) groups excluding carboxylic acids is 3. The second-order valence-corrected chi connectivity index (χ2v) is 11.1. The fourth-order valence-electron chi connectivity index (χ4n) is 5.52. The molecule has 0 bridgehead atoms. The zero-order chi connectivity index (χ0) is 25.3. The Balaban J connectivity index is 1.51. The Kier molecular flexibility index (Phi) is 5.76. The van der Waals surface area contributed by atoms with Gasteiger partial charge in [-0.2, -0.15) is 0 Å². The highest BCUT2D eigenvalue weighted by molar-refractivity contribution is 9.10. The second-order valence-electron chi connectivity index (χ2n) is 8.94. The number of Topliss-reactive ketones (excluding diaryl/α,β-unsaturated/α-hetero) is 1. The van der Waals surface area contributed by atoms with Crippen LogP contribution < -0.4 is 9.80 Å². The number of amides is 2. The molecule has 0 aliphatic carbocycles. The van der Waals surface area contributed by atoms with E-state index in [4.69, 9.17) is 34.8 Å². The molecule has 2 fully saturated rings. The minimum atomic E-state index is -0.907. The summed E-state index contributed by atoms with van der Waals surface area (Å²) in [5.74, 6) is -2.77. The highest BCUT2D eigenvalue weighted by atomic mass is 79.9. The Morgan fingerprint density at radius 3 is 2.19 bits per heavy atom. The van der Waals surface area contributed by atoms with Crippen LogP contribution in [0.1, 0.15) is 15.9 Å². The molecule has 0 N–H and O–H groups in total. The van der Waals surface area contributed by atoms with Gasteiger partial charge in [0, 0.05) is 25.8 Å². The predicted molar refractivity (Wildman–Crippen MR) is 145 cm³/mol. The Bertz CT molecular complexity index is 1490. The summed E-state index contributed by atoms with van der Waals surface area (Å²) in [7, 11) is 0. The summed E-state index contributed by atoms with van der Waals surface area (Å²) in [5, 5.41) is 1.08. The van der Waals surface area contributed by atoms with Gasteiger partial charge in [-0.25, -0.2) is 4.90 Å². The van der Waals surface area contributed by atoms with E-state index in [1.807, 2.05) is 23.1 Å². The third-order valence-electron chi connectivity index (χ3n) is 7.02. The van der Waals surface area contributed by atoms with Crippen molar-refractivity contribution < 1.29 is 14.4 Å². The predicted octanol–water partition coefficient (Wildman–Crippen LogP) is 6.68. The van der Waals surface area contributed by atoms with Crippen LogP contribution in [0, 0.1) is 11.8 Å². The Morgan fingerprint density at radius 1 is 0.806 bits per heavy atom. The molecule has 0 aromatic heterocycles. The van der Waals surface area contributed by atoms with Gasteiger partial charge in [-0.15, -0.1) is 0 Å². The van der Waals surface area contributed by atoms with Crippen molar-refractivity contribution in [3.05, 3.63) is 97.4 Å². The molecule has 9 heteroatoms. The number of hydrogen-bond donors (Lipinski definition) is 0. The summed E-state index contributed by atoms with van der Waals surface area (Å²) in [5.41, 5.74) is 2.29. The normalized spacial score (nSPS) is 24.1. The third-order valence-corrected chi connectivity index (χ3v) is 8.32. The van der Waals surface area contributed by atoms with E-state index in [0.717, 1.165) is 20.6 Å². The number of carbonyl (C=O) groups is 3. The average Bonchev–Trinajstić information content (AvgIpc) is 3.32. The lowest BCUT2D eigenvalue weighted by molar-refractivity contribution is -0.122. The maximum absolute atomic E-state index is 14.0. The molecule has 5 nitrogen and oxygen atoms in total. The number of hydrogen-bond acceptors (Lipinski definition) is 4. The number of fused-ring (bicyclic) bond motifs is 5. The maximum atomic E-state index is 14.0. The molecule has 36 heavy (non-hydrogen) atoms. The molecule has 2 saturated heterocycles. The first kappa shape index (κ1) is 23.7. The molecule has 0 spiro atoms. The highest BCUT2D eigenvalue weighted by Gasteiger charge is 2.64. The summed E-state index contributed by atoms with van der Waals surface area (Å²) in [6, 6.07) is 15.6. The molecule has 180 valence electrons. The second kappa shape index (κ2) is 8.73. The van der Waals surface area contributed by atoms with E-state index in [9.17, 15) is 14.4 Å². The van der Waals surface area contributed by atoms with Crippen LogP contribution >= 0.6 is 50.7 Å². The van der Waals surface area contributed by atoms with Crippen molar-refractivity contribution in [2.75, 3.05) is 9.80 Å². The Labute approximate surface area is 230 Å². The van der Waals surface area contributed by atoms with Gasteiger partial charge in [0.1, 0.15) is 6.04 Å². The van der Waals surface area contributed by atoms with Gasteiger partial charge in [0.05, 0.1) is 28.6 Å². The molecule has 0 saturated carbocycles. The van der Waals surface area contributed by atoms with E-state index in [1.165, 1.54) is 6.07 Å². The van der Waals surface area contributed by atoms with Crippen LogP contribution in [0.3, 0.4) is 0 Å². The van der Waals surface area contributed by atoms with Crippen LogP contribution in [0.25, 0.3) is 6.08 Å². The first-order chi connectivity index (χ1) is 17.3. The van der Waals surface area contributed by atoms with E-state index in [2.05, 4.69) is 15.9 Å². The van der Waals surface area contributed by atoms with Crippen LogP contribution in [0.15, 0.2) is 71.2 Å². The lowest BCUT2D eigenvalue weighted by Crippen LogP contribution is -2.48. The molecule has 0 radical (unpaired) electrons. The zero-order valence-electron chi connectivity index (χ0n) is 18.4. The standard InChI is InChI=1S/C27H16BrCl3N2O3/c28-15-5-1-14(2-6-15)25(34)24-23-22(20-9-4-13-3-7-17(30)12-21(13)32(20)24)26(35)33(27(23)36)19-10-8-16(29)11-18(19)31/h1-12,20,22-24H/t20-,22-,23+,24+/m1/s1. The van der Waals surface area contributed by atoms with E-state index in [1.54, 1.807) is 48.5 Å². The van der Waals surface area contributed by atoms with Gasteiger partial charge in [0.15, 0.2) is 5.78 Å². The fourth-order valence-corrected chi connectivity index (χ4v) is 6.44. The van der Waals surface area contributed by atoms with Crippen molar-refractivity contribution in [2.45, 2.75) is 12.1 Å². The molecule has 0 unspecified atom stereocenters. The molecular formula is C27H16BrCl3N2O3.